The Morgan fingerprint density at radius 2 is 2.04 bits per heavy atom. The van der Waals surface area contributed by atoms with Crippen LogP contribution in [0, 0.1) is 11.3 Å². The van der Waals surface area contributed by atoms with Crippen LogP contribution in [0.4, 0.5) is 0 Å². The van der Waals surface area contributed by atoms with Gasteiger partial charge in [0.15, 0.2) is 11.6 Å². The first-order chi connectivity index (χ1) is 12.6. The van der Waals surface area contributed by atoms with Crippen LogP contribution in [-0.2, 0) is 6.42 Å². The van der Waals surface area contributed by atoms with E-state index < -0.39 is 0 Å². The van der Waals surface area contributed by atoms with E-state index >= 15 is 0 Å². The quantitative estimate of drug-likeness (QED) is 0.591. The number of rotatable bonds is 7. The van der Waals surface area contributed by atoms with Crippen LogP contribution in [0.5, 0.6) is 0 Å². The van der Waals surface area contributed by atoms with Crippen molar-refractivity contribution in [3.05, 3.63) is 30.2 Å². The molecule has 0 unspecified atom stereocenters. The van der Waals surface area contributed by atoms with E-state index in [1.54, 1.807) is 0 Å². The molecule has 0 radical (unpaired) electrons. The molecular formula is C20H32N6. The summed E-state index contributed by atoms with van der Waals surface area (Å²) >= 11 is 0. The normalized spacial score (nSPS) is 17.2. The lowest BCUT2D eigenvalue weighted by Crippen LogP contribution is -2.44. The van der Waals surface area contributed by atoms with Crippen molar-refractivity contribution in [1.82, 2.24) is 25.2 Å². The summed E-state index contributed by atoms with van der Waals surface area (Å²) in [6.07, 6.45) is 9.50. The lowest BCUT2D eigenvalue weighted by molar-refractivity contribution is 0.235. The van der Waals surface area contributed by atoms with Crippen molar-refractivity contribution < 1.29 is 0 Å². The minimum Gasteiger partial charge on any atom is -0.356 e. The summed E-state index contributed by atoms with van der Waals surface area (Å²) in [6.45, 7) is 6.46. The molecule has 0 atom stereocenters. The van der Waals surface area contributed by atoms with Crippen molar-refractivity contribution >= 4 is 11.6 Å². The summed E-state index contributed by atoms with van der Waals surface area (Å²) in [6, 6.07) is 5.96. The molecule has 0 aliphatic heterocycles. The van der Waals surface area contributed by atoms with Crippen molar-refractivity contribution in [2.24, 2.45) is 16.3 Å². The fraction of sp³-hybridized carbons (Fsp3) is 0.650. The Balaban J connectivity index is 1.50. The van der Waals surface area contributed by atoms with Crippen LogP contribution in [-0.4, -0.2) is 40.7 Å². The molecule has 1 aliphatic rings. The fourth-order valence-electron chi connectivity index (χ4n) is 4.29. The summed E-state index contributed by atoms with van der Waals surface area (Å²) in [7, 11) is 1.84. The Labute approximate surface area is 156 Å². The number of hydrogen-bond acceptors (Lipinski definition) is 3. The molecule has 142 valence electrons. The van der Waals surface area contributed by atoms with Gasteiger partial charge in [0.25, 0.3) is 0 Å². The molecule has 6 heteroatoms. The van der Waals surface area contributed by atoms with E-state index in [-0.39, 0.29) is 0 Å². The maximum absolute atomic E-state index is 4.39. The van der Waals surface area contributed by atoms with Crippen molar-refractivity contribution in [1.29, 1.82) is 0 Å². The Morgan fingerprint density at radius 3 is 2.77 bits per heavy atom. The smallest absolute Gasteiger partial charge is 0.191 e. The van der Waals surface area contributed by atoms with Gasteiger partial charge in [-0.25, -0.2) is 0 Å². The van der Waals surface area contributed by atoms with Gasteiger partial charge in [0.05, 0.1) is 0 Å². The van der Waals surface area contributed by atoms with Gasteiger partial charge in [-0.3, -0.25) is 9.39 Å². The summed E-state index contributed by atoms with van der Waals surface area (Å²) in [5.74, 6) is 2.59. The molecular weight excluding hydrogens is 324 g/mol. The zero-order valence-electron chi connectivity index (χ0n) is 16.3. The molecule has 0 bridgehead atoms. The molecule has 0 spiro atoms. The van der Waals surface area contributed by atoms with E-state index in [0.29, 0.717) is 5.41 Å². The van der Waals surface area contributed by atoms with Gasteiger partial charge in [-0.15, -0.1) is 10.2 Å². The Hall–Kier alpha value is -2.11. The van der Waals surface area contributed by atoms with Gasteiger partial charge in [0, 0.05) is 32.8 Å². The van der Waals surface area contributed by atoms with Gasteiger partial charge in [-0.1, -0.05) is 32.8 Å². The summed E-state index contributed by atoms with van der Waals surface area (Å²) in [5.41, 5.74) is 1.33. The molecule has 1 saturated carbocycles. The molecule has 2 N–H and O–H groups in total. The maximum Gasteiger partial charge on any atom is 0.191 e. The van der Waals surface area contributed by atoms with Crippen molar-refractivity contribution in [2.75, 3.05) is 20.1 Å². The van der Waals surface area contributed by atoms with Crippen molar-refractivity contribution in [3.63, 3.8) is 0 Å². The molecule has 3 rings (SSSR count). The van der Waals surface area contributed by atoms with Gasteiger partial charge < -0.3 is 10.6 Å². The molecule has 26 heavy (non-hydrogen) atoms. The minimum atomic E-state index is 0.439. The zero-order valence-corrected chi connectivity index (χ0v) is 16.3. The second-order valence-corrected chi connectivity index (χ2v) is 7.95. The van der Waals surface area contributed by atoms with Gasteiger partial charge in [-0.05, 0) is 42.7 Å². The molecule has 2 heterocycles. The Kier molecular flexibility index (Phi) is 6.12. The number of nitrogens with zero attached hydrogens (tertiary/aromatic N) is 4. The second-order valence-electron chi connectivity index (χ2n) is 7.95. The highest BCUT2D eigenvalue weighted by Crippen LogP contribution is 2.42. The first-order valence-electron chi connectivity index (χ1n) is 9.85. The van der Waals surface area contributed by atoms with Crippen LogP contribution in [0.15, 0.2) is 29.4 Å². The average Bonchev–Trinajstić information content (AvgIpc) is 3.25. The number of aliphatic imine (C=N–C) groups is 1. The second kappa shape index (κ2) is 8.52. The SMILES string of the molecule is CN=C(NCCc1nnc2ccccn12)NCC1(CC(C)C)CCCC1. The maximum atomic E-state index is 4.39. The Morgan fingerprint density at radius 1 is 1.23 bits per heavy atom. The topological polar surface area (TPSA) is 66.6 Å². The molecule has 1 aliphatic carbocycles. The van der Waals surface area contributed by atoms with Crippen LogP contribution < -0.4 is 10.6 Å². The van der Waals surface area contributed by atoms with Crippen molar-refractivity contribution in [3.8, 4) is 0 Å². The van der Waals surface area contributed by atoms with E-state index in [2.05, 4.69) is 39.7 Å². The van der Waals surface area contributed by atoms with Crippen molar-refractivity contribution in [2.45, 2.75) is 52.4 Å². The van der Waals surface area contributed by atoms with Gasteiger partial charge >= 0.3 is 0 Å². The first kappa shape index (κ1) is 18.7. The van der Waals surface area contributed by atoms with E-state index in [4.69, 9.17) is 0 Å². The largest absolute Gasteiger partial charge is 0.356 e. The number of pyridine rings is 1. The number of fused-ring (bicyclic) bond motifs is 1. The van der Waals surface area contributed by atoms with E-state index in [0.717, 1.165) is 42.9 Å². The predicted molar refractivity (Wildman–Crippen MR) is 106 cm³/mol. The monoisotopic (exact) mass is 356 g/mol. The highest BCUT2D eigenvalue weighted by atomic mass is 15.2. The highest BCUT2D eigenvalue weighted by molar-refractivity contribution is 5.79. The lowest BCUT2D eigenvalue weighted by atomic mass is 9.78. The summed E-state index contributed by atoms with van der Waals surface area (Å²) in [5, 5.41) is 15.5. The molecule has 2 aromatic rings. The predicted octanol–water partition coefficient (Wildman–Crippen LogP) is 3.04. The third-order valence-corrected chi connectivity index (χ3v) is 5.39. The molecule has 0 saturated heterocycles. The average molecular weight is 357 g/mol. The standard InChI is InChI=1S/C20H32N6/c1-16(2)14-20(10-5-6-11-20)15-23-19(21-3)22-12-9-18-25-24-17-8-4-7-13-26(17)18/h4,7-8,13,16H,5-6,9-12,14-15H2,1-3H3,(H2,21,22,23). The van der Waals surface area contributed by atoms with Crippen LogP contribution in [0.2, 0.25) is 0 Å². The third-order valence-electron chi connectivity index (χ3n) is 5.39. The fourth-order valence-corrected chi connectivity index (χ4v) is 4.29. The molecule has 2 aromatic heterocycles. The van der Waals surface area contributed by atoms with Crippen LogP contribution >= 0.6 is 0 Å². The first-order valence-corrected chi connectivity index (χ1v) is 9.85. The van der Waals surface area contributed by atoms with Crippen LogP contribution in [0.25, 0.3) is 5.65 Å². The molecule has 0 amide bonds. The van der Waals surface area contributed by atoms with E-state index in [9.17, 15) is 0 Å². The molecule has 6 nitrogen and oxygen atoms in total. The third kappa shape index (κ3) is 4.54. The van der Waals surface area contributed by atoms with Gasteiger partial charge in [-0.2, -0.15) is 0 Å². The number of guanidine groups is 1. The molecule has 0 aromatic carbocycles. The molecule has 1 fully saturated rings. The minimum absolute atomic E-state index is 0.439. The summed E-state index contributed by atoms with van der Waals surface area (Å²) < 4.78 is 2.04. The van der Waals surface area contributed by atoms with E-state index in [1.807, 2.05) is 35.8 Å². The van der Waals surface area contributed by atoms with Gasteiger partial charge in [0.1, 0.15) is 5.82 Å². The summed E-state index contributed by atoms with van der Waals surface area (Å²) in [4.78, 5) is 4.39. The number of aromatic nitrogens is 3. The Bertz CT molecular complexity index is 727. The zero-order chi connectivity index (χ0) is 18.4. The van der Waals surface area contributed by atoms with E-state index in [1.165, 1.54) is 32.1 Å². The van der Waals surface area contributed by atoms with Crippen LogP contribution in [0.3, 0.4) is 0 Å². The number of hydrogen-bond donors (Lipinski definition) is 2. The number of nitrogens with one attached hydrogen (secondary N) is 2. The van der Waals surface area contributed by atoms with Gasteiger partial charge in [0.2, 0.25) is 0 Å². The highest BCUT2D eigenvalue weighted by Gasteiger charge is 2.34. The lowest BCUT2D eigenvalue weighted by Gasteiger charge is -2.31. The van der Waals surface area contributed by atoms with Crippen LogP contribution in [0.1, 0.15) is 51.8 Å².